The Bertz CT molecular complexity index is 1490. The van der Waals surface area contributed by atoms with Crippen LogP contribution in [0.2, 0.25) is 0 Å². The van der Waals surface area contributed by atoms with Crippen molar-refractivity contribution in [1.82, 2.24) is 9.36 Å². The third kappa shape index (κ3) is 5.86. The lowest BCUT2D eigenvalue weighted by molar-refractivity contribution is -0.115. The van der Waals surface area contributed by atoms with Gasteiger partial charge >= 0.3 is 0 Å². The quantitative estimate of drug-likeness (QED) is 0.302. The second-order valence-electron chi connectivity index (χ2n) is 8.79. The molecule has 0 aliphatic rings. The Labute approximate surface area is 220 Å². The fourth-order valence-corrected chi connectivity index (χ4v) is 5.05. The zero-order chi connectivity index (χ0) is 26.5. The summed E-state index contributed by atoms with van der Waals surface area (Å²) in [5.41, 5.74) is 3.64. The van der Waals surface area contributed by atoms with E-state index in [1.807, 2.05) is 93.6 Å². The third-order valence-corrected chi connectivity index (χ3v) is 7.47. The van der Waals surface area contributed by atoms with Gasteiger partial charge in [-0.05, 0) is 62.7 Å². The van der Waals surface area contributed by atoms with E-state index < -0.39 is 5.25 Å². The molecule has 2 N–H and O–H groups in total. The van der Waals surface area contributed by atoms with E-state index in [-0.39, 0.29) is 23.1 Å². The Balaban J connectivity index is 1.49. The van der Waals surface area contributed by atoms with E-state index in [2.05, 4.69) is 10.6 Å². The molecule has 7 nitrogen and oxygen atoms in total. The summed E-state index contributed by atoms with van der Waals surface area (Å²) in [6, 6.07) is 24.1. The number of thioether (sulfide) groups is 1. The summed E-state index contributed by atoms with van der Waals surface area (Å²) in [7, 11) is 1.79. The summed E-state index contributed by atoms with van der Waals surface area (Å²) in [5.74, 6) is -0.433. The number of para-hydroxylation sites is 1. The molecule has 1 aromatic heterocycles. The van der Waals surface area contributed by atoms with Gasteiger partial charge in [0.1, 0.15) is 5.69 Å². The van der Waals surface area contributed by atoms with Crippen LogP contribution in [-0.4, -0.2) is 26.4 Å². The minimum Gasteiger partial charge on any atom is -0.322 e. The van der Waals surface area contributed by atoms with Gasteiger partial charge in [-0.2, -0.15) is 0 Å². The molecule has 1 unspecified atom stereocenters. The number of carbonyl (C=O) groups excluding carboxylic acids is 2. The van der Waals surface area contributed by atoms with Crippen molar-refractivity contribution in [3.63, 3.8) is 0 Å². The van der Waals surface area contributed by atoms with E-state index in [1.165, 1.54) is 11.8 Å². The molecule has 0 radical (unpaired) electrons. The maximum atomic E-state index is 13.2. The molecule has 2 amide bonds. The van der Waals surface area contributed by atoms with E-state index in [0.29, 0.717) is 23.4 Å². The Morgan fingerprint density at radius 1 is 0.919 bits per heavy atom. The van der Waals surface area contributed by atoms with Crippen molar-refractivity contribution in [1.29, 1.82) is 0 Å². The van der Waals surface area contributed by atoms with Gasteiger partial charge in [-0.1, -0.05) is 48.9 Å². The van der Waals surface area contributed by atoms with Crippen molar-refractivity contribution >= 4 is 35.0 Å². The molecular formula is C29H30N4O3S. The van der Waals surface area contributed by atoms with Crippen LogP contribution < -0.4 is 16.2 Å². The summed E-state index contributed by atoms with van der Waals surface area (Å²) in [4.78, 5) is 39.9. The van der Waals surface area contributed by atoms with Gasteiger partial charge in [0.2, 0.25) is 5.91 Å². The van der Waals surface area contributed by atoms with Gasteiger partial charge in [0.25, 0.3) is 11.5 Å². The average molecular weight is 515 g/mol. The van der Waals surface area contributed by atoms with Crippen LogP contribution in [0.25, 0.3) is 5.69 Å². The Morgan fingerprint density at radius 2 is 1.65 bits per heavy atom. The third-order valence-electron chi connectivity index (χ3n) is 6.12. The van der Waals surface area contributed by atoms with E-state index in [1.54, 1.807) is 22.5 Å². The van der Waals surface area contributed by atoms with Crippen molar-refractivity contribution in [2.24, 2.45) is 7.05 Å². The van der Waals surface area contributed by atoms with Crippen LogP contribution >= 0.6 is 11.8 Å². The van der Waals surface area contributed by atoms with Gasteiger partial charge in [0.05, 0.1) is 16.6 Å². The normalized spacial score (nSPS) is 11.7. The number of hydrogen-bond acceptors (Lipinski definition) is 4. The maximum absolute atomic E-state index is 13.2. The topological polar surface area (TPSA) is 85.1 Å². The molecule has 0 saturated heterocycles. The number of nitrogens with zero attached hydrogens (tertiary/aromatic N) is 2. The molecule has 4 rings (SSSR count). The van der Waals surface area contributed by atoms with Crippen LogP contribution in [-0.2, 0) is 11.8 Å². The number of aromatic nitrogens is 2. The second-order valence-corrected chi connectivity index (χ2v) is 10.1. The molecule has 0 saturated carbocycles. The lowest BCUT2D eigenvalue weighted by atomic mass is 10.1. The predicted molar refractivity (Wildman–Crippen MR) is 150 cm³/mol. The standard InChI is InChI=1S/C29H30N4O3S/c1-5-25(28(35)31-26-20(3)32(4)33(29(26)36)23-14-7-6-8-15-23)37-24-16-10-13-22(18-24)30-27(34)21-12-9-11-19(2)17-21/h6-18,25H,5H2,1-4H3,(H,30,34)(H,31,35). The maximum Gasteiger partial charge on any atom is 0.295 e. The number of aryl methyl sites for hydroxylation is 1. The van der Waals surface area contributed by atoms with Crippen LogP contribution in [0, 0.1) is 13.8 Å². The number of hydrogen-bond donors (Lipinski definition) is 2. The molecule has 0 spiro atoms. The van der Waals surface area contributed by atoms with Crippen LogP contribution in [0.4, 0.5) is 11.4 Å². The first-order valence-electron chi connectivity index (χ1n) is 12.1. The molecule has 37 heavy (non-hydrogen) atoms. The molecule has 190 valence electrons. The Kier molecular flexibility index (Phi) is 7.98. The summed E-state index contributed by atoms with van der Waals surface area (Å²) < 4.78 is 3.28. The highest BCUT2D eigenvalue weighted by Gasteiger charge is 2.23. The molecular weight excluding hydrogens is 484 g/mol. The minimum atomic E-state index is -0.424. The highest BCUT2D eigenvalue weighted by atomic mass is 32.2. The van der Waals surface area contributed by atoms with Crippen LogP contribution in [0.3, 0.4) is 0 Å². The smallest absolute Gasteiger partial charge is 0.295 e. The van der Waals surface area contributed by atoms with Crippen molar-refractivity contribution < 1.29 is 9.59 Å². The van der Waals surface area contributed by atoms with Gasteiger partial charge in [-0.15, -0.1) is 11.8 Å². The molecule has 1 heterocycles. The van der Waals surface area contributed by atoms with E-state index in [9.17, 15) is 14.4 Å². The van der Waals surface area contributed by atoms with E-state index in [0.717, 1.165) is 16.1 Å². The molecule has 0 bridgehead atoms. The average Bonchev–Trinajstić information content (AvgIpc) is 3.10. The lowest BCUT2D eigenvalue weighted by Crippen LogP contribution is -2.28. The summed E-state index contributed by atoms with van der Waals surface area (Å²) in [5, 5.41) is 5.37. The zero-order valence-corrected chi connectivity index (χ0v) is 22.1. The molecule has 1 atom stereocenters. The monoisotopic (exact) mass is 514 g/mol. The van der Waals surface area contributed by atoms with Crippen LogP contribution in [0.5, 0.6) is 0 Å². The van der Waals surface area contributed by atoms with Crippen molar-refractivity contribution in [2.45, 2.75) is 37.3 Å². The summed E-state index contributed by atoms with van der Waals surface area (Å²) >= 11 is 1.40. The molecule has 4 aromatic rings. The summed E-state index contributed by atoms with van der Waals surface area (Å²) in [6.07, 6.45) is 0.565. The largest absolute Gasteiger partial charge is 0.322 e. The number of anilines is 2. The van der Waals surface area contributed by atoms with Crippen molar-refractivity contribution in [3.8, 4) is 5.69 Å². The predicted octanol–water partition coefficient (Wildman–Crippen LogP) is 5.55. The van der Waals surface area contributed by atoms with Gasteiger partial charge in [0, 0.05) is 23.2 Å². The first kappa shape index (κ1) is 26.0. The van der Waals surface area contributed by atoms with Gasteiger partial charge in [-0.25, -0.2) is 4.68 Å². The van der Waals surface area contributed by atoms with Gasteiger partial charge < -0.3 is 10.6 Å². The fourth-order valence-electron chi connectivity index (χ4n) is 4.04. The highest BCUT2D eigenvalue weighted by molar-refractivity contribution is 8.00. The molecule has 0 aliphatic heterocycles. The van der Waals surface area contributed by atoms with Gasteiger partial charge in [0.15, 0.2) is 0 Å². The number of nitrogens with one attached hydrogen (secondary N) is 2. The lowest BCUT2D eigenvalue weighted by Gasteiger charge is -2.15. The minimum absolute atomic E-state index is 0.190. The van der Waals surface area contributed by atoms with E-state index in [4.69, 9.17) is 0 Å². The summed E-state index contributed by atoms with van der Waals surface area (Å²) in [6.45, 7) is 5.68. The number of rotatable bonds is 8. The first-order valence-corrected chi connectivity index (χ1v) is 13.0. The molecule has 0 aliphatic carbocycles. The zero-order valence-electron chi connectivity index (χ0n) is 21.3. The highest BCUT2D eigenvalue weighted by Crippen LogP contribution is 2.29. The van der Waals surface area contributed by atoms with E-state index >= 15 is 0 Å². The Morgan fingerprint density at radius 3 is 2.35 bits per heavy atom. The number of benzene rings is 3. The fraction of sp³-hybridized carbons (Fsp3) is 0.207. The van der Waals surface area contributed by atoms with Crippen molar-refractivity contribution in [2.75, 3.05) is 10.6 Å². The van der Waals surface area contributed by atoms with Gasteiger partial charge in [-0.3, -0.25) is 19.1 Å². The van der Waals surface area contributed by atoms with Crippen LogP contribution in [0.15, 0.2) is 88.6 Å². The molecule has 0 fully saturated rings. The van der Waals surface area contributed by atoms with Crippen LogP contribution in [0.1, 0.15) is 35.0 Å². The second kappa shape index (κ2) is 11.3. The van der Waals surface area contributed by atoms with Crippen molar-refractivity contribution in [3.05, 3.63) is 106 Å². The molecule has 3 aromatic carbocycles. The number of amides is 2. The first-order chi connectivity index (χ1) is 17.8. The Hall–Kier alpha value is -4.04. The SMILES string of the molecule is CCC(Sc1cccc(NC(=O)c2cccc(C)c2)c1)C(=O)Nc1c(C)n(C)n(-c2ccccc2)c1=O. The molecule has 8 heteroatoms. The number of carbonyl (C=O) groups is 2.